The molecule has 2 N–H and O–H groups in total. The van der Waals surface area contributed by atoms with Gasteiger partial charge in [-0.15, -0.1) is 0 Å². The minimum Gasteiger partial charge on any atom is -0.504 e. The Morgan fingerprint density at radius 2 is 2.20 bits per heavy atom. The van der Waals surface area contributed by atoms with E-state index in [2.05, 4.69) is 0 Å². The Bertz CT molecular complexity index is 355. The molecule has 84 valence electrons. The topological polar surface area (TPSA) is 49.7 Å². The zero-order valence-electron chi connectivity index (χ0n) is 8.26. The van der Waals surface area contributed by atoms with Gasteiger partial charge in [0.25, 0.3) is 0 Å². The number of phenolic OH excluding ortho intramolecular Hbond substituents is 1. The summed E-state index contributed by atoms with van der Waals surface area (Å²) in [7, 11) is 1.37. The van der Waals surface area contributed by atoms with E-state index in [1.807, 2.05) is 0 Å². The van der Waals surface area contributed by atoms with Crippen LogP contribution >= 0.6 is 11.6 Å². The summed E-state index contributed by atoms with van der Waals surface area (Å²) < 4.78 is 18.1. The van der Waals surface area contributed by atoms with E-state index in [1.54, 1.807) is 0 Å². The first-order valence-electron chi connectivity index (χ1n) is 4.46. The van der Waals surface area contributed by atoms with Crippen LogP contribution in [0.15, 0.2) is 6.07 Å². The van der Waals surface area contributed by atoms with Gasteiger partial charge in [-0.3, -0.25) is 0 Å². The Morgan fingerprint density at radius 1 is 1.53 bits per heavy atom. The minimum atomic E-state index is -0.692. The van der Waals surface area contributed by atoms with Crippen molar-refractivity contribution in [2.75, 3.05) is 13.7 Å². The number of halogens is 2. The van der Waals surface area contributed by atoms with Crippen LogP contribution in [-0.2, 0) is 6.42 Å². The zero-order valence-corrected chi connectivity index (χ0v) is 9.01. The normalized spacial score (nSPS) is 10.4. The summed E-state index contributed by atoms with van der Waals surface area (Å²) in [5, 5.41) is 18.0. The average molecular weight is 235 g/mol. The van der Waals surface area contributed by atoms with E-state index in [1.165, 1.54) is 7.11 Å². The third-order valence-electron chi connectivity index (χ3n) is 2.03. The summed E-state index contributed by atoms with van der Waals surface area (Å²) in [6.45, 7) is -0.0310. The predicted octanol–water partition coefficient (Wildman–Crippen LogP) is 2.12. The van der Waals surface area contributed by atoms with Crippen LogP contribution in [0.1, 0.15) is 12.0 Å². The van der Waals surface area contributed by atoms with E-state index >= 15 is 0 Å². The van der Waals surface area contributed by atoms with Gasteiger partial charge in [0.1, 0.15) is 5.82 Å². The first kappa shape index (κ1) is 12.1. The molecule has 0 radical (unpaired) electrons. The molecule has 0 heterocycles. The highest BCUT2D eigenvalue weighted by molar-refractivity contribution is 6.31. The lowest BCUT2D eigenvalue weighted by Crippen LogP contribution is -1.98. The lowest BCUT2D eigenvalue weighted by Gasteiger charge is -2.12. The SMILES string of the molecule is COc1c(O)cc(F)c(Cl)c1CCCO. The molecule has 0 bridgehead atoms. The van der Waals surface area contributed by atoms with Crippen LogP contribution in [-0.4, -0.2) is 23.9 Å². The molecule has 1 rings (SSSR count). The van der Waals surface area contributed by atoms with Crippen molar-refractivity contribution in [3.05, 3.63) is 22.5 Å². The van der Waals surface area contributed by atoms with E-state index in [0.717, 1.165) is 6.07 Å². The maximum Gasteiger partial charge on any atom is 0.165 e. The van der Waals surface area contributed by atoms with Crippen molar-refractivity contribution >= 4 is 11.6 Å². The van der Waals surface area contributed by atoms with Crippen LogP contribution < -0.4 is 4.74 Å². The van der Waals surface area contributed by atoms with Gasteiger partial charge in [-0.25, -0.2) is 4.39 Å². The summed E-state index contributed by atoms with van der Waals surface area (Å²) in [6, 6.07) is 0.906. The summed E-state index contributed by atoms with van der Waals surface area (Å²) in [5.74, 6) is -0.815. The number of aliphatic hydroxyl groups is 1. The van der Waals surface area contributed by atoms with Gasteiger partial charge in [0.2, 0.25) is 0 Å². The van der Waals surface area contributed by atoms with E-state index in [4.69, 9.17) is 21.4 Å². The number of methoxy groups -OCH3 is 1. The number of aliphatic hydroxyl groups excluding tert-OH is 1. The molecule has 0 saturated carbocycles. The van der Waals surface area contributed by atoms with Gasteiger partial charge in [-0.05, 0) is 12.8 Å². The van der Waals surface area contributed by atoms with Crippen LogP contribution in [0.3, 0.4) is 0 Å². The lowest BCUT2D eigenvalue weighted by atomic mass is 10.1. The molecule has 1 aromatic carbocycles. The molecule has 0 atom stereocenters. The van der Waals surface area contributed by atoms with Gasteiger partial charge < -0.3 is 14.9 Å². The molecular weight excluding hydrogens is 223 g/mol. The van der Waals surface area contributed by atoms with Gasteiger partial charge in [-0.2, -0.15) is 0 Å². The second kappa shape index (κ2) is 5.19. The van der Waals surface area contributed by atoms with Crippen molar-refractivity contribution in [1.82, 2.24) is 0 Å². The van der Waals surface area contributed by atoms with Gasteiger partial charge in [0.15, 0.2) is 11.5 Å². The number of aromatic hydroxyl groups is 1. The Morgan fingerprint density at radius 3 is 2.73 bits per heavy atom. The van der Waals surface area contributed by atoms with Gasteiger partial charge in [0.05, 0.1) is 12.1 Å². The molecule has 0 aliphatic heterocycles. The van der Waals surface area contributed by atoms with Crippen molar-refractivity contribution in [3.63, 3.8) is 0 Å². The number of hydrogen-bond acceptors (Lipinski definition) is 3. The van der Waals surface area contributed by atoms with Crippen molar-refractivity contribution < 1.29 is 19.3 Å². The van der Waals surface area contributed by atoms with Gasteiger partial charge in [-0.1, -0.05) is 11.6 Å². The third kappa shape index (κ3) is 2.52. The summed E-state index contributed by atoms with van der Waals surface area (Å²) in [5.41, 5.74) is 0.380. The smallest absolute Gasteiger partial charge is 0.165 e. The number of ether oxygens (including phenoxy) is 1. The highest BCUT2D eigenvalue weighted by Gasteiger charge is 2.16. The predicted molar refractivity (Wildman–Crippen MR) is 55.0 cm³/mol. The molecule has 0 saturated heterocycles. The lowest BCUT2D eigenvalue weighted by molar-refractivity contribution is 0.287. The summed E-state index contributed by atoms with van der Waals surface area (Å²) in [4.78, 5) is 0. The largest absolute Gasteiger partial charge is 0.504 e. The molecule has 0 spiro atoms. The molecule has 0 amide bonds. The molecule has 0 unspecified atom stereocenters. The van der Waals surface area contributed by atoms with E-state index < -0.39 is 5.82 Å². The van der Waals surface area contributed by atoms with Gasteiger partial charge >= 0.3 is 0 Å². The van der Waals surface area contributed by atoms with E-state index in [9.17, 15) is 9.50 Å². The fourth-order valence-corrected chi connectivity index (χ4v) is 1.59. The first-order valence-corrected chi connectivity index (χ1v) is 4.84. The fraction of sp³-hybridized carbons (Fsp3) is 0.400. The van der Waals surface area contributed by atoms with Crippen molar-refractivity contribution in [2.45, 2.75) is 12.8 Å². The summed E-state index contributed by atoms with van der Waals surface area (Å²) in [6.07, 6.45) is 0.781. The second-order valence-electron chi connectivity index (χ2n) is 3.03. The monoisotopic (exact) mass is 234 g/mol. The maximum absolute atomic E-state index is 13.2. The quantitative estimate of drug-likeness (QED) is 0.839. The molecule has 15 heavy (non-hydrogen) atoms. The average Bonchev–Trinajstić information content (AvgIpc) is 2.21. The maximum atomic E-state index is 13.2. The number of phenols is 1. The van der Waals surface area contributed by atoms with Crippen molar-refractivity contribution in [3.8, 4) is 11.5 Å². The molecule has 0 fully saturated rings. The molecule has 5 heteroatoms. The molecule has 0 aliphatic carbocycles. The highest BCUT2D eigenvalue weighted by Crippen LogP contribution is 2.37. The van der Waals surface area contributed by atoms with Crippen LogP contribution in [0.5, 0.6) is 11.5 Å². The Hall–Kier alpha value is -1.00. The zero-order chi connectivity index (χ0) is 11.4. The Labute approximate surface area is 92.1 Å². The van der Waals surface area contributed by atoms with Crippen LogP contribution in [0, 0.1) is 5.82 Å². The highest BCUT2D eigenvalue weighted by atomic mass is 35.5. The third-order valence-corrected chi connectivity index (χ3v) is 2.44. The molecular formula is C10H12ClFO3. The van der Waals surface area contributed by atoms with Crippen molar-refractivity contribution in [2.24, 2.45) is 0 Å². The number of hydrogen-bond donors (Lipinski definition) is 2. The molecule has 0 aliphatic rings. The number of benzene rings is 1. The summed E-state index contributed by atoms with van der Waals surface area (Å²) >= 11 is 5.74. The van der Waals surface area contributed by atoms with E-state index in [-0.39, 0.29) is 23.1 Å². The standard InChI is InChI=1S/C10H12ClFO3/c1-15-10-6(3-2-4-13)9(11)7(12)5-8(10)14/h5,13-14H,2-4H2,1H3. The molecule has 0 aromatic heterocycles. The second-order valence-corrected chi connectivity index (χ2v) is 3.41. The van der Waals surface area contributed by atoms with Crippen LogP contribution in [0.25, 0.3) is 0 Å². The van der Waals surface area contributed by atoms with Gasteiger partial charge in [0, 0.05) is 18.2 Å². The van der Waals surface area contributed by atoms with E-state index in [0.29, 0.717) is 18.4 Å². The first-order chi connectivity index (χ1) is 7.11. The Balaban J connectivity index is 3.18. The fourth-order valence-electron chi connectivity index (χ4n) is 1.35. The van der Waals surface area contributed by atoms with Crippen molar-refractivity contribution in [1.29, 1.82) is 0 Å². The number of rotatable bonds is 4. The van der Waals surface area contributed by atoms with Crippen LogP contribution in [0.4, 0.5) is 4.39 Å². The van der Waals surface area contributed by atoms with Crippen LogP contribution in [0.2, 0.25) is 5.02 Å². The molecule has 1 aromatic rings. The molecule has 3 nitrogen and oxygen atoms in total. The Kier molecular flexibility index (Phi) is 4.17. The minimum absolute atomic E-state index is 0.0310.